The summed E-state index contributed by atoms with van der Waals surface area (Å²) in [4.78, 5) is 5.12. The zero-order valence-corrected chi connectivity index (χ0v) is 9.05. The van der Waals surface area contributed by atoms with Crippen LogP contribution in [-0.4, -0.2) is 14.8 Å². The van der Waals surface area contributed by atoms with Gasteiger partial charge in [0, 0.05) is 11.1 Å². The van der Waals surface area contributed by atoms with E-state index in [1.54, 1.807) is 27.7 Å². The summed E-state index contributed by atoms with van der Waals surface area (Å²) in [5, 5.41) is 4.11. The van der Waals surface area contributed by atoms with Crippen LogP contribution in [0.4, 0.5) is 5.82 Å². The van der Waals surface area contributed by atoms with Gasteiger partial charge in [-0.1, -0.05) is 0 Å². The number of hydrogen-bond acceptors (Lipinski definition) is 4. The van der Waals surface area contributed by atoms with Gasteiger partial charge < -0.3 is 5.73 Å². The first kappa shape index (κ1) is 8.71. The van der Waals surface area contributed by atoms with Crippen LogP contribution in [0.1, 0.15) is 4.88 Å². The van der Waals surface area contributed by atoms with Crippen molar-refractivity contribution < 1.29 is 0 Å². The molecule has 0 fully saturated rings. The van der Waals surface area contributed by atoms with Gasteiger partial charge >= 0.3 is 0 Å². The van der Waals surface area contributed by atoms with Crippen LogP contribution in [0.5, 0.6) is 0 Å². The number of halogens is 1. The van der Waals surface area contributed by atoms with E-state index in [0.717, 1.165) is 9.35 Å². The lowest BCUT2D eigenvalue weighted by atomic mass is 10.5. The van der Waals surface area contributed by atoms with Gasteiger partial charge in [-0.15, -0.1) is 11.3 Å². The Balaban J connectivity index is 2.24. The average molecular weight is 259 g/mol. The third-order valence-corrected chi connectivity index (χ3v) is 3.00. The summed E-state index contributed by atoms with van der Waals surface area (Å²) < 4.78 is 2.56. The van der Waals surface area contributed by atoms with Crippen molar-refractivity contribution in [1.82, 2.24) is 14.8 Å². The highest BCUT2D eigenvalue weighted by Gasteiger charge is 2.05. The summed E-state index contributed by atoms with van der Waals surface area (Å²) >= 11 is 4.89. The summed E-state index contributed by atoms with van der Waals surface area (Å²) in [6.07, 6.45) is 3.51. The number of rotatable bonds is 2. The van der Waals surface area contributed by atoms with E-state index in [2.05, 4.69) is 26.0 Å². The Morgan fingerprint density at radius 2 is 2.38 bits per heavy atom. The normalized spacial score (nSPS) is 10.5. The van der Waals surface area contributed by atoms with Crippen LogP contribution in [0.15, 0.2) is 22.4 Å². The van der Waals surface area contributed by atoms with Crippen molar-refractivity contribution >= 4 is 33.1 Å². The summed E-state index contributed by atoms with van der Waals surface area (Å²) in [6.45, 7) is 0.683. The van der Waals surface area contributed by atoms with Gasteiger partial charge in [0.05, 0.1) is 22.7 Å². The molecule has 0 amide bonds. The molecule has 2 rings (SSSR count). The summed E-state index contributed by atoms with van der Waals surface area (Å²) in [5.74, 6) is 0.647. The molecule has 0 unspecified atom stereocenters. The first-order valence-electron chi connectivity index (χ1n) is 3.61. The number of thiazole rings is 1. The van der Waals surface area contributed by atoms with Gasteiger partial charge in [0.1, 0.15) is 5.82 Å². The van der Waals surface area contributed by atoms with Crippen LogP contribution in [-0.2, 0) is 6.54 Å². The zero-order chi connectivity index (χ0) is 9.26. The van der Waals surface area contributed by atoms with E-state index in [1.807, 2.05) is 6.20 Å². The minimum Gasteiger partial charge on any atom is -0.383 e. The van der Waals surface area contributed by atoms with Crippen molar-refractivity contribution in [3.8, 4) is 0 Å². The molecule has 0 bridgehead atoms. The number of nitrogens with two attached hydrogens (primary N) is 1. The van der Waals surface area contributed by atoms with Crippen molar-refractivity contribution in [3.63, 3.8) is 0 Å². The lowest BCUT2D eigenvalue weighted by Crippen LogP contribution is -2.04. The molecule has 2 heterocycles. The molecule has 0 aliphatic carbocycles. The highest BCUT2D eigenvalue weighted by molar-refractivity contribution is 9.10. The Kier molecular flexibility index (Phi) is 2.32. The maximum atomic E-state index is 5.76. The van der Waals surface area contributed by atoms with Crippen LogP contribution < -0.4 is 5.73 Å². The highest BCUT2D eigenvalue weighted by atomic mass is 79.9. The van der Waals surface area contributed by atoms with Gasteiger partial charge in [-0.2, -0.15) is 5.10 Å². The molecule has 0 spiro atoms. The SMILES string of the molecule is Nc1c(Br)cnn1Cc1cncs1. The van der Waals surface area contributed by atoms with Crippen LogP contribution in [0.2, 0.25) is 0 Å². The Hall–Kier alpha value is -0.880. The largest absolute Gasteiger partial charge is 0.383 e. The average Bonchev–Trinajstić information content (AvgIpc) is 2.71. The second-order valence-corrected chi connectivity index (χ2v) is 4.33. The number of anilines is 1. The standard InChI is InChI=1S/C7H7BrN4S/c8-6-2-11-12(7(6)9)3-5-1-10-4-13-5/h1-2,4H,3,9H2. The van der Waals surface area contributed by atoms with Gasteiger partial charge in [-0.05, 0) is 15.9 Å². The van der Waals surface area contributed by atoms with Crippen molar-refractivity contribution in [2.45, 2.75) is 6.54 Å². The van der Waals surface area contributed by atoms with E-state index < -0.39 is 0 Å². The van der Waals surface area contributed by atoms with E-state index in [0.29, 0.717) is 12.4 Å². The molecule has 6 heteroatoms. The van der Waals surface area contributed by atoms with Gasteiger partial charge in [0.2, 0.25) is 0 Å². The quantitative estimate of drug-likeness (QED) is 0.893. The third-order valence-electron chi connectivity index (χ3n) is 1.62. The molecule has 13 heavy (non-hydrogen) atoms. The van der Waals surface area contributed by atoms with Crippen molar-refractivity contribution in [2.24, 2.45) is 0 Å². The number of aromatic nitrogens is 3. The summed E-state index contributed by atoms with van der Waals surface area (Å²) in [6, 6.07) is 0. The number of nitrogen functional groups attached to an aromatic ring is 1. The molecule has 0 aromatic carbocycles. The van der Waals surface area contributed by atoms with Crippen LogP contribution >= 0.6 is 27.3 Å². The fourth-order valence-electron chi connectivity index (χ4n) is 0.966. The van der Waals surface area contributed by atoms with Crippen LogP contribution in [0, 0.1) is 0 Å². The monoisotopic (exact) mass is 258 g/mol. The molecular weight excluding hydrogens is 252 g/mol. The van der Waals surface area contributed by atoms with Crippen molar-refractivity contribution in [3.05, 3.63) is 27.3 Å². The molecule has 2 aromatic heterocycles. The molecule has 0 saturated carbocycles. The Morgan fingerprint density at radius 1 is 1.54 bits per heavy atom. The van der Waals surface area contributed by atoms with Gasteiger partial charge in [-0.3, -0.25) is 4.98 Å². The first-order chi connectivity index (χ1) is 6.27. The van der Waals surface area contributed by atoms with Gasteiger partial charge in [0.25, 0.3) is 0 Å². The van der Waals surface area contributed by atoms with Gasteiger partial charge in [0.15, 0.2) is 0 Å². The predicted molar refractivity (Wildman–Crippen MR) is 55.6 cm³/mol. The number of nitrogens with zero attached hydrogens (tertiary/aromatic N) is 3. The minimum atomic E-state index is 0.647. The maximum absolute atomic E-state index is 5.76. The molecule has 0 atom stereocenters. The smallest absolute Gasteiger partial charge is 0.136 e. The van der Waals surface area contributed by atoms with Crippen molar-refractivity contribution in [2.75, 3.05) is 5.73 Å². The fraction of sp³-hybridized carbons (Fsp3) is 0.143. The second-order valence-electron chi connectivity index (χ2n) is 2.50. The minimum absolute atomic E-state index is 0.647. The predicted octanol–water partition coefficient (Wildman–Crippen LogP) is 1.73. The highest BCUT2D eigenvalue weighted by Crippen LogP contribution is 2.19. The number of hydrogen-bond donors (Lipinski definition) is 1. The second kappa shape index (κ2) is 3.47. The lowest BCUT2D eigenvalue weighted by molar-refractivity contribution is 0.704. The molecule has 0 aliphatic rings. The molecule has 2 N–H and O–H groups in total. The van der Waals surface area contributed by atoms with E-state index in [4.69, 9.17) is 5.73 Å². The van der Waals surface area contributed by atoms with E-state index in [-0.39, 0.29) is 0 Å². The first-order valence-corrected chi connectivity index (χ1v) is 5.29. The van der Waals surface area contributed by atoms with Crippen LogP contribution in [0.25, 0.3) is 0 Å². The third kappa shape index (κ3) is 1.73. The Labute approximate surface area is 87.5 Å². The zero-order valence-electron chi connectivity index (χ0n) is 6.64. The molecule has 0 saturated heterocycles. The molecular formula is C7H7BrN4S. The topological polar surface area (TPSA) is 56.7 Å². The Bertz CT molecular complexity index is 395. The van der Waals surface area contributed by atoms with E-state index >= 15 is 0 Å². The fourth-order valence-corrected chi connectivity index (χ4v) is 1.84. The summed E-state index contributed by atoms with van der Waals surface area (Å²) in [7, 11) is 0. The molecule has 0 aliphatic heterocycles. The van der Waals surface area contributed by atoms with Crippen LogP contribution in [0.3, 0.4) is 0 Å². The molecule has 0 radical (unpaired) electrons. The van der Waals surface area contributed by atoms with E-state index in [1.165, 1.54) is 0 Å². The van der Waals surface area contributed by atoms with Gasteiger partial charge in [-0.25, -0.2) is 4.68 Å². The van der Waals surface area contributed by atoms with Crippen molar-refractivity contribution in [1.29, 1.82) is 0 Å². The summed E-state index contributed by atoms with van der Waals surface area (Å²) in [5.41, 5.74) is 7.55. The Morgan fingerprint density at radius 3 is 2.92 bits per heavy atom. The molecule has 2 aromatic rings. The maximum Gasteiger partial charge on any atom is 0.136 e. The van der Waals surface area contributed by atoms with E-state index in [9.17, 15) is 0 Å². The molecule has 68 valence electrons. The molecule has 4 nitrogen and oxygen atoms in total. The lowest BCUT2D eigenvalue weighted by Gasteiger charge is -2.00.